The fraction of sp³-hybridized carbons (Fsp3) is 0.308. The first kappa shape index (κ1) is 9.29. The summed E-state index contributed by atoms with van der Waals surface area (Å²) >= 11 is 6.12. The van der Waals surface area contributed by atoms with E-state index in [-0.39, 0.29) is 0 Å². The van der Waals surface area contributed by atoms with E-state index in [4.69, 9.17) is 11.6 Å². The van der Waals surface area contributed by atoms with Gasteiger partial charge >= 0.3 is 0 Å². The first-order valence-corrected chi connectivity index (χ1v) is 5.64. The summed E-state index contributed by atoms with van der Waals surface area (Å²) in [4.78, 5) is 3.46. The molecule has 0 bridgehead atoms. The Kier molecular flexibility index (Phi) is 2.03. The minimum absolute atomic E-state index is 0.842. The lowest BCUT2D eigenvalue weighted by Crippen LogP contribution is -2.00. The zero-order valence-electron chi connectivity index (χ0n) is 8.65. The second kappa shape index (κ2) is 3.28. The van der Waals surface area contributed by atoms with Crippen molar-refractivity contribution < 1.29 is 0 Å². The molecule has 1 nitrogen and oxygen atoms in total. The predicted octanol–water partition coefficient (Wildman–Crippen LogP) is 3.70. The molecule has 0 aliphatic heterocycles. The summed E-state index contributed by atoms with van der Waals surface area (Å²) in [5, 5.41) is 2.16. The molecule has 15 heavy (non-hydrogen) atoms. The number of H-pyrrole nitrogens is 1. The van der Waals surface area contributed by atoms with Crippen LogP contribution in [0.4, 0.5) is 0 Å². The van der Waals surface area contributed by atoms with Gasteiger partial charge in [-0.1, -0.05) is 11.6 Å². The third-order valence-corrected chi connectivity index (χ3v) is 3.53. The van der Waals surface area contributed by atoms with E-state index in [0.29, 0.717) is 0 Å². The monoisotopic (exact) mass is 217 g/mol. The van der Waals surface area contributed by atoms with Gasteiger partial charge in [-0.15, -0.1) is 0 Å². The number of nitrogens with one attached hydrogen (secondary N) is 1. The molecular formula is C13H12ClN. The Bertz CT molecular complexity index is 525. The summed E-state index contributed by atoms with van der Waals surface area (Å²) in [6.07, 6.45) is 6.51. The van der Waals surface area contributed by atoms with Gasteiger partial charge in [-0.3, -0.25) is 0 Å². The van der Waals surface area contributed by atoms with Gasteiger partial charge in [0, 0.05) is 21.6 Å². The second-order valence-electron chi connectivity index (χ2n) is 4.16. The molecule has 2 aromatic rings. The standard InChI is InChI=1S/C13H12ClN/c1-8-6-10-9-4-2-3-5-12(9)15-13(10)7-11(8)14/h6-7,15H,3-5H2,1H3. The van der Waals surface area contributed by atoms with Crippen molar-refractivity contribution in [2.75, 3.05) is 0 Å². The van der Waals surface area contributed by atoms with Crippen molar-refractivity contribution in [3.8, 4) is 0 Å². The number of halogens is 1. The Labute approximate surface area is 94.4 Å². The quantitative estimate of drug-likeness (QED) is 0.693. The van der Waals surface area contributed by atoms with Crippen LogP contribution < -0.4 is 0 Å². The summed E-state index contributed by atoms with van der Waals surface area (Å²) in [6.45, 7) is 2.05. The number of aromatic nitrogens is 1. The number of aryl methyl sites for hydroxylation is 2. The number of rotatable bonds is 0. The van der Waals surface area contributed by atoms with E-state index in [9.17, 15) is 0 Å². The van der Waals surface area contributed by atoms with Crippen LogP contribution >= 0.6 is 11.6 Å². The lowest BCUT2D eigenvalue weighted by molar-refractivity contribution is 0.816. The molecule has 0 fully saturated rings. The highest BCUT2D eigenvalue weighted by molar-refractivity contribution is 6.32. The van der Waals surface area contributed by atoms with Crippen LogP contribution in [0.2, 0.25) is 5.02 Å². The van der Waals surface area contributed by atoms with Crippen molar-refractivity contribution in [2.45, 2.75) is 26.2 Å². The Balaban J connectivity index is 2.33. The van der Waals surface area contributed by atoms with Crippen LogP contribution in [-0.2, 0) is 12.8 Å². The Morgan fingerprint density at radius 1 is 1.40 bits per heavy atom. The maximum Gasteiger partial charge on any atom is 0.0474 e. The maximum absolute atomic E-state index is 6.12. The molecule has 2 radical (unpaired) electrons. The van der Waals surface area contributed by atoms with Crippen LogP contribution in [0.15, 0.2) is 12.1 Å². The molecule has 0 amide bonds. The summed E-state index contributed by atoms with van der Waals surface area (Å²) in [5.41, 5.74) is 5.09. The average molecular weight is 218 g/mol. The fourth-order valence-electron chi connectivity index (χ4n) is 2.28. The van der Waals surface area contributed by atoms with Gasteiger partial charge in [0.1, 0.15) is 0 Å². The molecule has 1 aromatic carbocycles. The van der Waals surface area contributed by atoms with E-state index in [1.807, 2.05) is 6.07 Å². The van der Waals surface area contributed by atoms with E-state index in [1.54, 1.807) is 0 Å². The van der Waals surface area contributed by atoms with Gasteiger partial charge in [0.15, 0.2) is 0 Å². The third-order valence-electron chi connectivity index (χ3n) is 3.13. The molecule has 0 saturated carbocycles. The molecule has 76 valence electrons. The molecule has 0 saturated heterocycles. The molecule has 1 N–H and O–H groups in total. The highest BCUT2D eigenvalue weighted by atomic mass is 35.5. The number of hydrogen-bond donors (Lipinski definition) is 1. The summed E-state index contributed by atoms with van der Waals surface area (Å²) < 4.78 is 0. The number of aromatic amines is 1. The SMILES string of the molecule is Cc1cc2c3c([nH]c2cc1Cl)CC[C]C3. The van der Waals surface area contributed by atoms with Gasteiger partial charge < -0.3 is 4.98 Å². The molecule has 1 heterocycles. The number of hydrogen-bond acceptors (Lipinski definition) is 0. The van der Waals surface area contributed by atoms with Crippen LogP contribution in [0, 0.1) is 13.3 Å². The minimum atomic E-state index is 0.842. The zero-order chi connectivity index (χ0) is 10.4. The molecule has 1 aliphatic carbocycles. The van der Waals surface area contributed by atoms with Gasteiger partial charge in [0.2, 0.25) is 0 Å². The zero-order valence-corrected chi connectivity index (χ0v) is 9.41. The first-order valence-electron chi connectivity index (χ1n) is 5.26. The summed E-state index contributed by atoms with van der Waals surface area (Å²) in [7, 11) is 0. The van der Waals surface area contributed by atoms with E-state index >= 15 is 0 Å². The van der Waals surface area contributed by atoms with E-state index in [1.165, 1.54) is 22.2 Å². The number of benzene rings is 1. The molecular weight excluding hydrogens is 206 g/mol. The molecule has 1 aromatic heterocycles. The highest BCUT2D eigenvalue weighted by Crippen LogP contribution is 2.31. The molecule has 2 heteroatoms. The molecule has 0 unspecified atom stereocenters. The normalized spacial score (nSPS) is 15.6. The molecule has 0 spiro atoms. The van der Waals surface area contributed by atoms with E-state index < -0.39 is 0 Å². The fourth-order valence-corrected chi connectivity index (χ4v) is 2.44. The van der Waals surface area contributed by atoms with Gasteiger partial charge in [-0.05, 0) is 55.9 Å². The van der Waals surface area contributed by atoms with Crippen molar-refractivity contribution in [3.63, 3.8) is 0 Å². The third kappa shape index (κ3) is 1.37. The lowest BCUT2D eigenvalue weighted by atomic mass is 9.95. The van der Waals surface area contributed by atoms with E-state index in [0.717, 1.165) is 29.8 Å². The van der Waals surface area contributed by atoms with Gasteiger partial charge in [-0.2, -0.15) is 0 Å². The minimum Gasteiger partial charge on any atom is -0.358 e. The molecule has 0 atom stereocenters. The topological polar surface area (TPSA) is 15.8 Å². The Morgan fingerprint density at radius 3 is 3.13 bits per heavy atom. The van der Waals surface area contributed by atoms with Crippen LogP contribution in [0.1, 0.15) is 23.2 Å². The largest absolute Gasteiger partial charge is 0.358 e. The molecule has 3 rings (SSSR count). The van der Waals surface area contributed by atoms with Crippen LogP contribution in [0.3, 0.4) is 0 Å². The van der Waals surface area contributed by atoms with Crippen LogP contribution in [-0.4, -0.2) is 4.98 Å². The van der Waals surface area contributed by atoms with Crippen LogP contribution in [0.5, 0.6) is 0 Å². The Morgan fingerprint density at radius 2 is 2.27 bits per heavy atom. The van der Waals surface area contributed by atoms with Crippen molar-refractivity contribution in [3.05, 3.63) is 40.4 Å². The van der Waals surface area contributed by atoms with Gasteiger partial charge in [0.05, 0.1) is 0 Å². The lowest BCUT2D eigenvalue weighted by Gasteiger charge is -2.09. The smallest absolute Gasteiger partial charge is 0.0474 e. The van der Waals surface area contributed by atoms with Crippen molar-refractivity contribution in [1.29, 1.82) is 0 Å². The van der Waals surface area contributed by atoms with Gasteiger partial charge in [-0.25, -0.2) is 0 Å². The van der Waals surface area contributed by atoms with Crippen molar-refractivity contribution in [2.24, 2.45) is 0 Å². The Hall–Kier alpha value is -0.950. The highest BCUT2D eigenvalue weighted by Gasteiger charge is 2.16. The van der Waals surface area contributed by atoms with Crippen molar-refractivity contribution >= 4 is 22.5 Å². The van der Waals surface area contributed by atoms with E-state index in [2.05, 4.69) is 24.4 Å². The predicted molar refractivity (Wildman–Crippen MR) is 63.3 cm³/mol. The second-order valence-corrected chi connectivity index (χ2v) is 4.56. The maximum atomic E-state index is 6.12. The average Bonchev–Trinajstić information content (AvgIpc) is 2.57. The van der Waals surface area contributed by atoms with Crippen LogP contribution in [0.25, 0.3) is 10.9 Å². The van der Waals surface area contributed by atoms with Gasteiger partial charge in [0.25, 0.3) is 0 Å². The first-order chi connectivity index (χ1) is 7.25. The summed E-state index contributed by atoms with van der Waals surface area (Å²) in [6, 6.07) is 4.21. The molecule has 1 aliphatic rings. The van der Waals surface area contributed by atoms with Crippen molar-refractivity contribution in [1.82, 2.24) is 4.98 Å². The number of fused-ring (bicyclic) bond motifs is 3. The summed E-state index contributed by atoms with van der Waals surface area (Å²) in [5.74, 6) is 0.